The van der Waals surface area contributed by atoms with Crippen molar-refractivity contribution in [1.82, 2.24) is 19.4 Å². The number of imidazole rings is 1. The normalized spacial score (nSPS) is 19.4. The number of aromatic nitrogens is 4. The number of thiazole rings is 1. The lowest BCUT2D eigenvalue weighted by Gasteiger charge is -2.30. The minimum atomic E-state index is -0.642. The van der Waals surface area contributed by atoms with Crippen molar-refractivity contribution >= 4 is 76.7 Å². The van der Waals surface area contributed by atoms with E-state index in [9.17, 15) is 9.59 Å². The van der Waals surface area contributed by atoms with Gasteiger partial charge in [0.2, 0.25) is 5.95 Å². The highest BCUT2D eigenvalue weighted by atomic mass is 32.1. The van der Waals surface area contributed by atoms with Gasteiger partial charge in [-0.05, 0) is 12.8 Å². The molecule has 5 aromatic heterocycles. The van der Waals surface area contributed by atoms with Gasteiger partial charge in [-0.2, -0.15) is 4.98 Å². The molecule has 6 heterocycles. The van der Waals surface area contributed by atoms with Crippen LogP contribution in [0, 0.1) is 0 Å². The molecule has 0 radical (unpaired) electrons. The van der Waals surface area contributed by atoms with Crippen LogP contribution in [0.5, 0.6) is 0 Å². The van der Waals surface area contributed by atoms with Crippen LogP contribution in [0.15, 0.2) is 34.8 Å². The number of ether oxygens (including phenoxy) is 1. The number of fused-ring (bicyclic) bond motifs is 2. The molecule has 42 heavy (non-hydrogen) atoms. The molecule has 0 bridgehead atoms. The molecule has 1 aliphatic carbocycles. The van der Waals surface area contributed by atoms with E-state index in [1.807, 2.05) is 5.38 Å². The number of nitrogens with two attached hydrogens (primary N) is 2. The molecule has 2 atom stereocenters. The summed E-state index contributed by atoms with van der Waals surface area (Å²) in [5.74, 6) is 0.181. The molecule has 218 valence electrons. The highest BCUT2D eigenvalue weighted by Crippen LogP contribution is 2.41. The first-order valence-corrected chi connectivity index (χ1v) is 16.3. The zero-order valence-electron chi connectivity index (χ0n) is 22.5. The molecule has 0 unspecified atom stereocenters. The van der Waals surface area contributed by atoms with Crippen LogP contribution >= 0.6 is 34.0 Å². The average Bonchev–Trinajstić information content (AvgIpc) is 3.75. The second-order valence-corrected chi connectivity index (χ2v) is 13.3. The summed E-state index contributed by atoms with van der Waals surface area (Å²) in [6, 6.07) is 1.79. The Morgan fingerprint density at radius 3 is 2.76 bits per heavy atom. The summed E-state index contributed by atoms with van der Waals surface area (Å²) in [5.41, 5.74) is 13.7. The van der Waals surface area contributed by atoms with E-state index < -0.39 is 5.91 Å². The monoisotopic (exact) mass is 623 g/mol. The van der Waals surface area contributed by atoms with E-state index in [2.05, 4.69) is 25.5 Å². The lowest BCUT2D eigenvalue weighted by Crippen LogP contribution is -2.43. The Labute approximate surface area is 252 Å². The lowest BCUT2D eigenvalue weighted by atomic mass is 9.91. The summed E-state index contributed by atoms with van der Waals surface area (Å²) in [5, 5.41) is 11.1. The zero-order valence-corrected chi connectivity index (χ0v) is 25.0. The number of carbonyl (C=O) groups excluding carboxylic acids is 1. The SMILES string of the molecule is NC(=O)c1c(Nc2cnc(-c3csc4c(=O)cc(N5CCOCC5)sc34)s2)nc(N[C@H]2CCCC[C@H]2N)n2ccnc12. The molecule has 2 fully saturated rings. The van der Waals surface area contributed by atoms with Crippen LogP contribution in [0.25, 0.3) is 25.6 Å². The Morgan fingerprint density at radius 1 is 1.12 bits per heavy atom. The van der Waals surface area contributed by atoms with Crippen LogP contribution < -0.4 is 32.4 Å². The number of primary amides is 1. The van der Waals surface area contributed by atoms with E-state index >= 15 is 0 Å². The predicted molar refractivity (Wildman–Crippen MR) is 169 cm³/mol. The molecule has 6 N–H and O–H groups in total. The van der Waals surface area contributed by atoms with Crippen molar-refractivity contribution in [3.8, 4) is 10.6 Å². The number of thiophene rings is 1. The van der Waals surface area contributed by atoms with Gasteiger partial charge in [-0.25, -0.2) is 9.97 Å². The van der Waals surface area contributed by atoms with Crippen LogP contribution in [0.3, 0.4) is 0 Å². The standard InChI is InChI=1S/C27H29N9O3S3/c28-15-3-1-2-4-16(15)32-27-34-24(20(23(29)38)25-30-5-6-36(25)27)33-18-12-31-26(41-18)14-13-40-22-17(37)11-19(42-21(14)22)35-7-9-39-10-8-35/h5-6,11-13,15-16,33H,1-4,7-10,28H2,(H2,29,38)(H,32,34)/t15-,16+/m1/s1. The lowest BCUT2D eigenvalue weighted by molar-refractivity contribution is 0.100. The maximum atomic E-state index is 13.0. The Morgan fingerprint density at radius 2 is 1.95 bits per heavy atom. The van der Waals surface area contributed by atoms with Gasteiger partial charge in [0.05, 0.1) is 33.8 Å². The number of morpholine rings is 1. The highest BCUT2D eigenvalue weighted by Gasteiger charge is 2.26. The van der Waals surface area contributed by atoms with Gasteiger partial charge in [-0.3, -0.25) is 14.0 Å². The fraction of sp³-hybridized carbons (Fsp3) is 0.370. The Bertz CT molecular complexity index is 1840. The van der Waals surface area contributed by atoms with Crippen molar-refractivity contribution < 1.29 is 9.53 Å². The van der Waals surface area contributed by atoms with Gasteiger partial charge in [0.25, 0.3) is 5.91 Å². The van der Waals surface area contributed by atoms with Crippen LogP contribution in [0.1, 0.15) is 36.0 Å². The number of nitrogens with one attached hydrogen (secondary N) is 2. The Balaban J connectivity index is 1.23. The average molecular weight is 624 g/mol. The van der Waals surface area contributed by atoms with Crippen molar-refractivity contribution in [2.24, 2.45) is 11.5 Å². The van der Waals surface area contributed by atoms with Gasteiger partial charge in [0.15, 0.2) is 16.9 Å². The second kappa shape index (κ2) is 11.2. The van der Waals surface area contributed by atoms with Crippen molar-refractivity contribution in [2.75, 3.05) is 41.8 Å². The number of hydrogen-bond donors (Lipinski definition) is 4. The quantitative estimate of drug-likeness (QED) is 0.209. The third-order valence-corrected chi connectivity index (χ3v) is 10.9. The van der Waals surface area contributed by atoms with Crippen LogP contribution in [0.4, 0.5) is 21.8 Å². The van der Waals surface area contributed by atoms with Crippen molar-refractivity contribution in [1.29, 1.82) is 0 Å². The Kier molecular flexibility index (Phi) is 7.27. The zero-order chi connectivity index (χ0) is 28.8. The predicted octanol–water partition coefficient (Wildman–Crippen LogP) is 3.85. The number of anilines is 4. The number of amides is 1. The van der Waals surface area contributed by atoms with Crippen molar-refractivity contribution in [2.45, 2.75) is 37.8 Å². The van der Waals surface area contributed by atoms with Crippen LogP contribution in [0.2, 0.25) is 0 Å². The molecule has 15 heteroatoms. The van der Waals surface area contributed by atoms with E-state index in [1.165, 1.54) is 22.7 Å². The van der Waals surface area contributed by atoms with Crippen LogP contribution in [-0.2, 0) is 4.74 Å². The minimum absolute atomic E-state index is 0.00954. The first kappa shape index (κ1) is 27.2. The molecule has 7 rings (SSSR count). The first-order valence-electron chi connectivity index (χ1n) is 13.8. The molecule has 12 nitrogen and oxygen atoms in total. The van der Waals surface area contributed by atoms with Gasteiger partial charge < -0.3 is 31.7 Å². The molecule has 0 spiro atoms. The minimum Gasteiger partial charge on any atom is -0.378 e. The molecular weight excluding hydrogens is 595 g/mol. The fourth-order valence-corrected chi connectivity index (χ4v) is 8.82. The molecular formula is C27H29N9O3S3. The molecule has 1 amide bonds. The van der Waals surface area contributed by atoms with Crippen LogP contribution in [-0.4, -0.2) is 63.6 Å². The van der Waals surface area contributed by atoms with Gasteiger partial charge in [-0.1, -0.05) is 24.2 Å². The topological polar surface area (TPSA) is 166 Å². The van der Waals surface area contributed by atoms with Gasteiger partial charge in [0, 0.05) is 54.6 Å². The molecule has 2 aliphatic rings. The molecule has 1 aliphatic heterocycles. The molecule has 0 aromatic carbocycles. The van der Waals surface area contributed by atoms with E-state index in [0.29, 0.717) is 29.8 Å². The summed E-state index contributed by atoms with van der Waals surface area (Å²) in [6.07, 6.45) is 9.14. The first-order chi connectivity index (χ1) is 20.5. The molecule has 1 saturated carbocycles. The second-order valence-electron chi connectivity index (χ2n) is 10.4. The van der Waals surface area contributed by atoms with E-state index in [0.717, 1.165) is 63.7 Å². The fourth-order valence-electron chi connectivity index (χ4n) is 5.50. The summed E-state index contributed by atoms with van der Waals surface area (Å²) >= 11 is 4.44. The highest BCUT2D eigenvalue weighted by molar-refractivity contribution is 7.29. The number of hydrogen-bond acceptors (Lipinski definition) is 13. The largest absolute Gasteiger partial charge is 0.378 e. The smallest absolute Gasteiger partial charge is 0.256 e. The van der Waals surface area contributed by atoms with Crippen molar-refractivity contribution in [3.05, 3.63) is 45.8 Å². The molecule has 5 aromatic rings. The number of carbonyl (C=O) groups is 1. The maximum Gasteiger partial charge on any atom is 0.256 e. The van der Waals surface area contributed by atoms with E-state index in [4.69, 9.17) is 21.2 Å². The molecule has 1 saturated heterocycles. The summed E-state index contributed by atoms with van der Waals surface area (Å²) < 4.78 is 8.85. The summed E-state index contributed by atoms with van der Waals surface area (Å²) in [4.78, 5) is 41.6. The van der Waals surface area contributed by atoms with Gasteiger partial charge in [0.1, 0.15) is 15.6 Å². The summed E-state index contributed by atoms with van der Waals surface area (Å²) in [7, 11) is 0. The summed E-state index contributed by atoms with van der Waals surface area (Å²) in [6.45, 7) is 2.80. The third kappa shape index (κ3) is 5.00. The maximum absolute atomic E-state index is 13.0. The van der Waals surface area contributed by atoms with E-state index in [1.54, 1.807) is 40.4 Å². The number of rotatable bonds is 7. The van der Waals surface area contributed by atoms with Gasteiger partial charge in [-0.15, -0.1) is 22.7 Å². The Hall–Kier alpha value is -3.63. The van der Waals surface area contributed by atoms with Gasteiger partial charge >= 0.3 is 0 Å². The van der Waals surface area contributed by atoms with E-state index in [-0.39, 0.29) is 28.9 Å². The third-order valence-electron chi connectivity index (χ3n) is 7.66. The number of nitrogens with zero attached hydrogens (tertiary/aromatic N) is 5. The van der Waals surface area contributed by atoms with Crippen molar-refractivity contribution in [3.63, 3.8) is 0 Å².